The number of Topliss-reactive ketones (excluding diaryl/α,β-unsaturated/α-hetero) is 1. The number of hydrogen-bond donors (Lipinski definition) is 2. The molecule has 0 radical (unpaired) electrons. The Hall–Kier alpha value is -5.00. The van der Waals surface area contributed by atoms with E-state index in [1.165, 1.54) is 22.8 Å². The number of rotatable bonds is 9. The molecule has 12 heteroatoms. The number of nitrogens with zero attached hydrogens (tertiary/aromatic N) is 3. The largest absolute Gasteiger partial charge is 0.456 e. The first-order chi connectivity index (χ1) is 23.8. The molecule has 2 amide bonds. The highest BCUT2D eigenvalue weighted by Gasteiger charge is 2.31. The average Bonchev–Trinajstić information content (AvgIpc) is 3.69. The lowest BCUT2D eigenvalue weighted by molar-refractivity contribution is 0.00682. The second-order valence-electron chi connectivity index (χ2n) is 14.3. The van der Waals surface area contributed by atoms with Crippen molar-refractivity contribution >= 4 is 29.2 Å². The number of benzene rings is 2. The van der Waals surface area contributed by atoms with Crippen LogP contribution < -0.4 is 10.6 Å². The summed E-state index contributed by atoms with van der Waals surface area (Å²) in [4.78, 5) is 58.3. The smallest absolute Gasteiger partial charge is 0.338 e. The number of nitrogens with one attached hydrogen (secondary N) is 2. The fourth-order valence-electron chi connectivity index (χ4n) is 6.94. The molecule has 0 bridgehead atoms. The molecule has 4 aromatic rings. The quantitative estimate of drug-likeness (QED) is 0.147. The van der Waals surface area contributed by atoms with Crippen LogP contribution in [-0.2, 0) is 17.7 Å². The van der Waals surface area contributed by atoms with Crippen LogP contribution in [0.1, 0.15) is 136 Å². The van der Waals surface area contributed by atoms with E-state index in [-0.39, 0.29) is 46.9 Å². The summed E-state index contributed by atoms with van der Waals surface area (Å²) in [6.45, 7) is 7.18. The number of ether oxygens (including phenoxy) is 1. The second-order valence-corrected chi connectivity index (χ2v) is 14.3. The number of esters is 1. The van der Waals surface area contributed by atoms with Gasteiger partial charge in [0, 0.05) is 19.0 Å². The molecule has 1 fully saturated rings. The van der Waals surface area contributed by atoms with Crippen molar-refractivity contribution in [3.05, 3.63) is 99.0 Å². The Morgan fingerprint density at radius 1 is 0.940 bits per heavy atom. The highest BCUT2D eigenvalue weighted by atomic mass is 19.2. The number of hydrogen-bond acceptors (Lipinski definition) is 7. The Balaban J connectivity index is 1.29. The zero-order valence-electron chi connectivity index (χ0n) is 28.7. The minimum Gasteiger partial charge on any atom is -0.456 e. The number of carbonyl (C=O) groups is 4. The lowest BCUT2D eigenvalue weighted by Gasteiger charge is -2.21. The summed E-state index contributed by atoms with van der Waals surface area (Å²) < 4.78 is 34.1. The first-order valence-corrected chi connectivity index (χ1v) is 17.1. The Morgan fingerprint density at radius 2 is 1.70 bits per heavy atom. The zero-order chi connectivity index (χ0) is 35.7. The predicted octanol–water partition coefficient (Wildman–Crippen LogP) is 6.77. The third-order valence-corrected chi connectivity index (χ3v) is 9.49. The van der Waals surface area contributed by atoms with Gasteiger partial charge in [-0.05, 0) is 86.9 Å². The Bertz CT molecular complexity index is 1990. The molecule has 2 aromatic heterocycles. The van der Waals surface area contributed by atoms with Gasteiger partial charge in [0.25, 0.3) is 11.8 Å². The fraction of sp³-hybridized carbons (Fsp3) is 0.421. The van der Waals surface area contributed by atoms with Crippen molar-refractivity contribution in [2.45, 2.75) is 97.2 Å². The minimum atomic E-state index is -1.04. The van der Waals surface area contributed by atoms with Crippen LogP contribution >= 0.6 is 0 Å². The van der Waals surface area contributed by atoms with E-state index in [4.69, 9.17) is 4.74 Å². The summed E-state index contributed by atoms with van der Waals surface area (Å²) in [5.74, 6) is -3.57. The van der Waals surface area contributed by atoms with Crippen molar-refractivity contribution in [2.24, 2.45) is 5.92 Å². The standard InChI is InChI=1S/C38H41F2N5O5/c1-21-24-13-15-30(26(24)12-11-25(21)37(49)50-38(2,3)4)44-36(48)32-18-31(35(47)41-19-23-10-14-28(39)29(40)16-23)43-34-27(20-42-45(32)34)33(46)17-22-8-6-5-7-9-22/h10-12,14,16,18,20,22,30H,5-9,13,15,17,19H2,1-4H3,(H,41,47)(H,44,48)/t30-/m0/s1. The zero-order valence-corrected chi connectivity index (χ0v) is 28.7. The number of ketones is 1. The van der Waals surface area contributed by atoms with E-state index in [0.717, 1.165) is 60.9 Å². The third-order valence-electron chi connectivity index (χ3n) is 9.49. The fourth-order valence-corrected chi connectivity index (χ4v) is 6.94. The van der Waals surface area contributed by atoms with Crippen molar-refractivity contribution in [3.63, 3.8) is 0 Å². The van der Waals surface area contributed by atoms with Gasteiger partial charge in [0.2, 0.25) is 0 Å². The van der Waals surface area contributed by atoms with Gasteiger partial charge < -0.3 is 15.4 Å². The maximum absolute atomic E-state index is 14.0. The Morgan fingerprint density at radius 3 is 2.42 bits per heavy atom. The molecule has 0 saturated heterocycles. The van der Waals surface area contributed by atoms with Gasteiger partial charge in [-0.3, -0.25) is 14.4 Å². The van der Waals surface area contributed by atoms with Gasteiger partial charge >= 0.3 is 5.97 Å². The van der Waals surface area contributed by atoms with Crippen LogP contribution in [0.5, 0.6) is 0 Å². The number of aromatic nitrogens is 3. The molecule has 10 nitrogen and oxygen atoms in total. The summed E-state index contributed by atoms with van der Waals surface area (Å²) >= 11 is 0. The molecule has 2 aliphatic carbocycles. The van der Waals surface area contributed by atoms with Gasteiger partial charge in [0.05, 0.1) is 23.4 Å². The van der Waals surface area contributed by atoms with Crippen LogP contribution in [0.3, 0.4) is 0 Å². The van der Waals surface area contributed by atoms with E-state index in [1.54, 1.807) is 6.07 Å². The SMILES string of the molecule is Cc1c(C(=O)OC(C)(C)C)ccc2c1CC[C@@H]2NC(=O)c1cc(C(=O)NCc2ccc(F)c(F)c2)nc2c(C(=O)CC3CCCCC3)cnn12. The summed E-state index contributed by atoms with van der Waals surface area (Å²) in [6, 6.07) is 7.77. The van der Waals surface area contributed by atoms with Gasteiger partial charge in [-0.2, -0.15) is 5.10 Å². The summed E-state index contributed by atoms with van der Waals surface area (Å²) in [5.41, 5.74) is 2.97. The molecule has 1 atom stereocenters. The molecular weight excluding hydrogens is 644 g/mol. The van der Waals surface area contributed by atoms with Crippen LogP contribution in [0.25, 0.3) is 5.65 Å². The van der Waals surface area contributed by atoms with E-state index in [0.29, 0.717) is 30.4 Å². The van der Waals surface area contributed by atoms with Crippen LogP contribution in [0.15, 0.2) is 42.6 Å². The highest BCUT2D eigenvalue weighted by Crippen LogP contribution is 2.35. The maximum atomic E-state index is 14.0. The van der Waals surface area contributed by atoms with Crippen molar-refractivity contribution in [1.82, 2.24) is 25.2 Å². The van der Waals surface area contributed by atoms with Crippen LogP contribution in [0.2, 0.25) is 0 Å². The molecule has 6 rings (SSSR count). The number of amides is 2. The van der Waals surface area contributed by atoms with Crippen LogP contribution in [0, 0.1) is 24.5 Å². The van der Waals surface area contributed by atoms with Crippen molar-refractivity contribution < 1.29 is 32.7 Å². The molecule has 2 aromatic carbocycles. The van der Waals surface area contributed by atoms with Crippen LogP contribution in [-0.4, -0.2) is 43.8 Å². The molecule has 0 spiro atoms. The lowest BCUT2D eigenvalue weighted by Crippen LogP contribution is -2.31. The first kappa shape index (κ1) is 34.8. The van der Waals surface area contributed by atoms with E-state index >= 15 is 0 Å². The first-order valence-electron chi connectivity index (χ1n) is 17.1. The Kier molecular flexibility index (Phi) is 9.82. The second kappa shape index (κ2) is 14.1. The summed E-state index contributed by atoms with van der Waals surface area (Å²) in [5, 5.41) is 10.1. The molecule has 1 saturated carbocycles. The summed E-state index contributed by atoms with van der Waals surface area (Å²) in [6.07, 6.45) is 8.15. The lowest BCUT2D eigenvalue weighted by atomic mass is 9.85. The van der Waals surface area contributed by atoms with Crippen LogP contribution in [0.4, 0.5) is 8.78 Å². The number of halogens is 2. The molecule has 2 heterocycles. The number of fused-ring (bicyclic) bond motifs is 2. The van der Waals surface area contributed by atoms with Crippen molar-refractivity contribution in [3.8, 4) is 0 Å². The van der Waals surface area contributed by atoms with E-state index in [1.807, 2.05) is 33.8 Å². The molecule has 0 unspecified atom stereocenters. The maximum Gasteiger partial charge on any atom is 0.338 e. The minimum absolute atomic E-state index is 0.000222. The number of carbonyl (C=O) groups excluding carboxylic acids is 4. The predicted molar refractivity (Wildman–Crippen MR) is 181 cm³/mol. The van der Waals surface area contributed by atoms with Gasteiger partial charge in [-0.15, -0.1) is 0 Å². The summed E-state index contributed by atoms with van der Waals surface area (Å²) in [7, 11) is 0. The molecular formula is C38H41F2N5O5. The molecule has 50 heavy (non-hydrogen) atoms. The Labute approximate surface area is 289 Å². The molecule has 0 aliphatic heterocycles. The van der Waals surface area contributed by atoms with Crippen molar-refractivity contribution in [1.29, 1.82) is 0 Å². The van der Waals surface area contributed by atoms with E-state index in [2.05, 4.69) is 20.7 Å². The van der Waals surface area contributed by atoms with Gasteiger partial charge in [0.1, 0.15) is 17.0 Å². The molecule has 262 valence electrons. The average molecular weight is 686 g/mol. The monoisotopic (exact) mass is 685 g/mol. The topological polar surface area (TPSA) is 132 Å². The molecule has 2 aliphatic rings. The van der Waals surface area contributed by atoms with E-state index in [9.17, 15) is 28.0 Å². The van der Waals surface area contributed by atoms with Crippen molar-refractivity contribution in [2.75, 3.05) is 0 Å². The van der Waals surface area contributed by atoms with Gasteiger partial charge in [-0.25, -0.2) is 23.1 Å². The van der Waals surface area contributed by atoms with Gasteiger partial charge in [0.15, 0.2) is 23.1 Å². The molecule has 2 N–H and O–H groups in total. The van der Waals surface area contributed by atoms with E-state index < -0.39 is 35.0 Å². The normalized spacial score (nSPS) is 16.2. The third kappa shape index (κ3) is 7.44. The highest BCUT2D eigenvalue weighted by molar-refractivity contribution is 6.04. The van der Waals surface area contributed by atoms with Gasteiger partial charge in [-0.1, -0.05) is 44.2 Å².